The average molecular weight is 404 g/mol. The molecule has 156 valence electrons. The van der Waals surface area contributed by atoms with Crippen molar-refractivity contribution >= 4 is 17.5 Å². The highest BCUT2D eigenvalue weighted by Gasteiger charge is 2.35. The first kappa shape index (κ1) is 20.4. The topological polar surface area (TPSA) is 82.4 Å². The highest BCUT2D eigenvalue weighted by atomic mass is 16.3. The van der Waals surface area contributed by atoms with Crippen molar-refractivity contribution < 1.29 is 5.11 Å². The number of aliphatic imine (C=N–C) groups is 1. The van der Waals surface area contributed by atoms with Gasteiger partial charge in [0.15, 0.2) is 0 Å². The van der Waals surface area contributed by atoms with Gasteiger partial charge in [-0.1, -0.05) is 44.0 Å². The molecule has 0 unspecified atom stereocenters. The summed E-state index contributed by atoms with van der Waals surface area (Å²) in [6.45, 7) is 5.67. The maximum atomic E-state index is 10.2. The van der Waals surface area contributed by atoms with Gasteiger partial charge >= 0.3 is 0 Å². The van der Waals surface area contributed by atoms with E-state index in [1.54, 1.807) is 6.20 Å². The number of nitrogens with one attached hydrogen (secondary N) is 2. The van der Waals surface area contributed by atoms with E-state index in [0.29, 0.717) is 23.9 Å². The summed E-state index contributed by atoms with van der Waals surface area (Å²) >= 11 is 0. The molecule has 0 radical (unpaired) electrons. The van der Waals surface area contributed by atoms with E-state index in [-0.39, 0.29) is 17.6 Å². The maximum absolute atomic E-state index is 10.2. The van der Waals surface area contributed by atoms with Gasteiger partial charge in [0.2, 0.25) is 5.95 Å². The number of aliphatic hydroxyl groups excluding tert-OH is 1. The van der Waals surface area contributed by atoms with Crippen molar-refractivity contribution in [2.24, 2.45) is 10.4 Å². The molecule has 0 amide bonds. The van der Waals surface area contributed by atoms with Crippen LogP contribution in [0.25, 0.3) is 0 Å². The van der Waals surface area contributed by atoms with Crippen LogP contribution in [0.2, 0.25) is 0 Å². The molecule has 1 aliphatic heterocycles. The second kappa shape index (κ2) is 8.45. The molecule has 1 saturated carbocycles. The van der Waals surface area contributed by atoms with Gasteiger partial charge in [-0.15, -0.1) is 6.42 Å². The van der Waals surface area contributed by atoms with Crippen LogP contribution in [0.3, 0.4) is 0 Å². The van der Waals surface area contributed by atoms with Gasteiger partial charge in [-0.05, 0) is 30.2 Å². The van der Waals surface area contributed by atoms with E-state index in [1.165, 1.54) is 11.1 Å². The Morgan fingerprint density at radius 2 is 2.10 bits per heavy atom. The van der Waals surface area contributed by atoms with Crippen LogP contribution in [-0.4, -0.2) is 39.5 Å². The molecule has 6 nitrogen and oxygen atoms in total. The second-order valence-corrected chi connectivity index (χ2v) is 8.82. The van der Waals surface area contributed by atoms with Crippen LogP contribution in [-0.2, 0) is 6.54 Å². The number of nitrogens with zero attached hydrogens (tertiary/aromatic N) is 3. The minimum Gasteiger partial charge on any atom is -0.393 e. The molecule has 30 heavy (non-hydrogen) atoms. The summed E-state index contributed by atoms with van der Waals surface area (Å²) in [5.74, 6) is 3.90. The van der Waals surface area contributed by atoms with E-state index < -0.39 is 0 Å². The third-order valence-electron chi connectivity index (χ3n) is 6.16. The number of hydrogen-bond donors (Lipinski definition) is 3. The fraction of sp³-hybridized carbons (Fsp3) is 0.458. The molecule has 1 aliphatic carbocycles. The quantitative estimate of drug-likeness (QED) is 0.642. The van der Waals surface area contributed by atoms with Crippen molar-refractivity contribution in [3.05, 3.63) is 47.2 Å². The Balaban J connectivity index is 1.39. The standard InChI is InChI=1S/C24H29N5O/c1-4-16-14-27-23(25-12-11-20-19-8-6-5-7-17(19)15-26-20)29-22(16)28-18-9-10-21(30)24(2,3)13-18/h1,5-8,14,18,21,30H,9-13,15H2,2-3H3,(H2,25,27,28,29)/t18-,21+/m1/s1. The number of terminal acetylenes is 1. The first-order valence-corrected chi connectivity index (χ1v) is 10.6. The van der Waals surface area contributed by atoms with Crippen LogP contribution in [0.15, 0.2) is 35.5 Å². The highest BCUT2D eigenvalue weighted by Crippen LogP contribution is 2.37. The molecule has 2 heterocycles. The Kier molecular flexibility index (Phi) is 5.74. The van der Waals surface area contributed by atoms with Crippen LogP contribution < -0.4 is 10.6 Å². The number of hydrogen-bond acceptors (Lipinski definition) is 6. The minimum absolute atomic E-state index is 0.126. The van der Waals surface area contributed by atoms with Crippen molar-refractivity contribution in [1.82, 2.24) is 9.97 Å². The second-order valence-electron chi connectivity index (χ2n) is 8.82. The first-order valence-electron chi connectivity index (χ1n) is 10.6. The van der Waals surface area contributed by atoms with Crippen molar-refractivity contribution in [2.75, 3.05) is 17.2 Å². The van der Waals surface area contributed by atoms with Gasteiger partial charge in [0.1, 0.15) is 5.82 Å². The van der Waals surface area contributed by atoms with Crippen LogP contribution in [0.4, 0.5) is 11.8 Å². The summed E-state index contributed by atoms with van der Waals surface area (Å²) in [6.07, 6.45) is 10.4. The van der Waals surface area contributed by atoms with Gasteiger partial charge in [0.05, 0.1) is 24.4 Å². The smallest absolute Gasteiger partial charge is 0.224 e. The van der Waals surface area contributed by atoms with Crippen molar-refractivity contribution in [3.8, 4) is 12.3 Å². The Morgan fingerprint density at radius 3 is 2.90 bits per heavy atom. The predicted molar refractivity (Wildman–Crippen MR) is 121 cm³/mol. The van der Waals surface area contributed by atoms with E-state index in [2.05, 4.69) is 69.6 Å². The highest BCUT2D eigenvalue weighted by molar-refractivity contribution is 6.03. The molecule has 1 fully saturated rings. The Hall–Kier alpha value is -2.91. The summed E-state index contributed by atoms with van der Waals surface area (Å²) in [4.78, 5) is 13.7. The zero-order chi connectivity index (χ0) is 21.1. The number of aliphatic hydroxyl groups is 1. The minimum atomic E-state index is -0.270. The molecule has 3 N–H and O–H groups in total. The number of fused-ring (bicyclic) bond motifs is 1. The van der Waals surface area contributed by atoms with Gasteiger partial charge in [0, 0.05) is 30.3 Å². The molecular formula is C24H29N5O. The summed E-state index contributed by atoms with van der Waals surface area (Å²) in [7, 11) is 0. The molecule has 2 aliphatic rings. The van der Waals surface area contributed by atoms with Crippen LogP contribution in [0.1, 0.15) is 56.2 Å². The van der Waals surface area contributed by atoms with E-state index in [4.69, 9.17) is 6.42 Å². The van der Waals surface area contributed by atoms with Crippen molar-refractivity contribution in [1.29, 1.82) is 0 Å². The molecule has 1 aromatic carbocycles. The lowest BCUT2D eigenvalue weighted by molar-refractivity contribution is 0.00926. The van der Waals surface area contributed by atoms with E-state index >= 15 is 0 Å². The lowest BCUT2D eigenvalue weighted by atomic mass is 9.73. The van der Waals surface area contributed by atoms with Crippen LogP contribution >= 0.6 is 0 Å². The van der Waals surface area contributed by atoms with Crippen LogP contribution in [0, 0.1) is 17.8 Å². The van der Waals surface area contributed by atoms with Gasteiger partial charge in [-0.2, -0.15) is 4.98 Å². The summed E-state index contributed by atoms with van der Waals surface area (Å²) in [6, 6.07) is 8.59. The van der Waals surface area contributed by atoms with Crippen molar-refractivity contribution in [2.45, 2.75) is 58.2 Å². The molecule has 1 aromatic heterocycles. The third-order valence-corrected chi connectivity index (χ3v) is 6.16. The molecule has 6 heteroatoms. The van der Waals surface area contributed by atoms with Crippen molar-refractivity contribution in [3.63, 3.8) is 0 Å². The van der Waals surface area contributed by atoms with E-state index in [1.807, 2.05) is 0 Å². The SMILES string of the molecule is C#Cc1cnc(NCCC2=NCc3ccccc32)nc1N[C@@H]1CC[C@H](O)C(C)(C)C1. The van der Waals surface area contributed by atoms with Crippen LogP contribution in [0.5, 0.6) is 0 Å². The Bertz CT molecular complexity index is 991. The van der Waals surface area contributed by atoms with Gasteiger partial charge in [-0.3, -0.25) is 4.99 Å². The van der Waals surface area contributed by atoms with Gasteiger partial charge in [0.25, 0.3) is 0 Å². The fourth-order valence-electron chi connectivity index (χ4n) is 4.33. The van der Waals surface area contributed by atoms with E-state index in [0.717, 1.165) is 37.9 Å². The monoisotopic (exact) mass is 403 g/mol. The predicted octanol–water partition coefficient (Wildman–Crippen LogP) is 3.61. The first-order chi connectivity index (χ1) is 14.5. The Morgan fingerprint density at radius 1 is 1.27 bits per heavy atom. The number of anilines is 2. The molecule has 2 atom stereocenters. The molecule has 0 saturated heterocycles. The normalized spacial score (nSPS) is 22.0. The largest absolute Gasteiger partial charge is 0.393 e. The van der Waals surface area contributed by atoms with Gasteiger partial charge in [-0.25, -0.2) is 4.98 Å². The van der Waals surface area contributed by atoms with Gasteiger partial charge < -0.3 is 15.7 Å². The van der Waals surface area contributed by atoms with E-state index in [9.17, 15) is 5.11 Å². The molecule has 2 aromatic rings. The zero-order valence-corrected chi connectivity index (χ0v) is 17.7. The lowest BCUT2D eigenvalue weighted by Crippen LogP contribution is -2.41. The Labute approximate surface area is 178 Å². The maximum Gasteiger partial charge on any atom is 0.224 e. The zero-order valence-electron chi connectivity index (χ0n) is 17.7. The lowest BCUT2D eigenvalue weighted by Gasteiger charge is -2.40. The fourth-order valence-corrected chi connectivity index (χ4v) is 4.33. The molecule has 0 spiro atoms. The molecule has 0 bridgehead atoms. The summed E-state index contributed by atoms with van der Waals surface area (Å²) in [5.41, 5.74) is 4.18. The molecule has 4 rings (SSSR count). The number of benzene rings is 1. The summed E-state index contributed by atoms with van der Waals surface area (Å²) in [5, 5.41) is 17.0. The average Bonchev–Trinajstić information content (AvgIpc) is 3.14. The number of rotatable bonds is 6. The summed E-state index contributed by atoms with van der Waals surface area (Å²) < 4.78 is 0. The third kappa shape index (κ3) is 4.31. The number of aromatic nitrogens is 2. The molecular weight excluding hydrogens is 374 g/mol.